The van der Waals surface area contributed by atoms with E-state index >= 15 is 0 Å². The summed E-state index contributed by atoms with van der Waals surface area (Å²) >= 11 is 0. The van der Waals surface area contributed by atoms with Gasteiger partial charge in [0.05, 0.1) is 11.4 Å². The molecule has 0 aromatic heterocycles. The molecule has 0 amide bonds. The van der Waals surface area contributed by atoms with Gasteiger partial charge in [0.1, 0.15) is 5.75 Å². The predicted molar refractivity (Wildman–Crippen MR) is 133 cm³/mol. The molecule has 0 radical (unpaired) electrons. The molecule has 0 bridgehead atoms. The van der Waals surface area contributed by atoms with Gasteiger partial charge in [-0.3, -0.25) is 9.98 Å². The van der Waals surface area contributed by atoms with E-state index in [1.165, 1.54) is 0 Å². The van der Waals surface area contributed by atoms with Crippen LogP contribution in [0.2, 0.25) is 0 Å². The quantitative estimate of drug-likeness (QED) is 0.445. The standard InChI is InChI=1S/C28H32N2O/c1-18-10-8-11-19(2)25(18)29-16-22-14-24(28(5,6)7)15-23(27(22)31)17-30-26-20(3)12-9-13-21(26)4/h8-17,31H,1-7H3. The molecule has 3 nitrogen and oxygen atoms in total. The lowest BCUT2D eigenvalue weighted by molar-refractivity contribution is 0.472. The number of phenolic OH excluding ortho intramolecular Hbond substituents is 1. The van der Waals surface area contributed by atoms with Gasteiger partial charge < -0.3 is 5.11 Å². The van der Waals surface area contributed by atoms with Crippen molar-refractivity contribution < 1.29 is 5.11 Å². The van der Waals surface area contributed by atoms with Crippen LogP contribution in [0.15, 0.2) is 58.5 Å². The number of rotatable bonds is 4. The molecule has 0 heterocycles. The maximum Gasteiger partial charge on any atom is 0.133 e. The number of nitrogens with zero attached hydrogens (tertiary/aromatic N) is 2. The van der Waals surface area contributed by atoms with Crippen molar-refractivity contribution in [3.63, 3.8) is 0 Å². The van der Waals surface area contributed by atoms with Crippen LogP contribution in [0.4, 0.5) is 11.4 Å². The zero-order chi connectivity index (χ0) is 22.8. The Morgan fingerprint density at radius 2 is 1.03 bits per heavy atom. The van der Waals surface area contributed by atoms with Crippen molar-refractivity contribution in [1.29, 1.82) is 0 Å². The molecule has 0 fully saturated rings. The summed E-state index contributed by atoms with van der Waals surface area (Å²) in [6, 6.07) is 16.3. The Balaban J connectivity index is 2.10. The number of aromatic hydroxyl groups is 1. The van der Waals surface area contributed by atoms with Crippen molar-refractivity contribution in [3.8, 4) is 5.75 Å². The fraction of sp³-hybridized carbons (Fsp3) is 0.286. The second-order valence-electron chi connectivity index (χ2n) is 9.25. The molecule has 3 heteroatoms. The van der Waals surface area contributed by atoms with Crippen LogP contribution in [-0.2, 0) is 5.41 Å². The number of hydrogen-bond acceptors (Lipinski definition) is 3. The van der Waals surface area contributed by atoms with E-state index in [1.54, 1.807) is 12.4 Å². The molecule has 3 aromatic rings. The predicted octanol–water partition coefficient (Wildman–Crippen LogP) is 7.42. The van der Waals surface area contributed by atoms with Gasteiger partial charge in [-0.1, -0.05) is 57.2 Å². The van der Waals surface area contributed by atoms with Gasteiger partial charge in [0.2, 0.25) is 0 Å². The van der Waals surface area contributed by atoms with E-state index < -0.39 is 0 Å². The maximum atomic E-state index is 11.0. The molecule has 1 N–H and O–H groups in total. The third kappa shape index (κ3) is 5.11. The largest absolute Gasteiger partial charge is 0.507 e. The number of para-hydroxylation sites is 2. The molecular formula is C28H32N2O. The smallest absolute Gasteiger partial charge is 0.133 e. The van der Waals surface area contributed by atoms with Gasteiger partial charge in [-0.2, -0.15) is 0 Å². The SMILES string of the molecule is Cc1cccc(C)c1N=Cc1cc(C(C)(C)C)cc(C=Nc2c(C)cccc2C)c1O. The summed E-state index contributed by atoms with van der Waals surface area (Å²) in [7, 11) is 0. The van der Waals surface area contributed by atoms with Gasteiger partial charge in [-0.15, -0.1) is 0 Å². The van der Waals surface area contributed by atoms with Crippen LogP contribution < -0.4 is 0 Å². The first-order valence-corrected chi connectivity index (χ1v) is 10.7. The zero-order valence-electron chi connectivity index (χ0n) is 19.6. The highest BCUT2D eigenvalue weighted by Gasteiger charge is 2.18. The van der Waals surface area contributed by atoms with Crippen molar-refractivity contribution in [2.24, 2.45) is 9.98 Å². The molecule has 0 aliphatic carbocycles. The molecule has 0 atom stereocenters. The third-order valence-electron chi connectivity index (χ3n) is 5.58. The fourth-order valence-corrected chi connectivity index (χ4v) is 3.60. The first-order valence-electron chi connectivity index (χ1n) is 10.7. The van der Waals surface area contributed by atoms with Crippen molar-refractivity contribution in [1.82, 2.24) is 0 Å². The monoisotopic (exact) mass is 412 g/mol. The molecule has 0 unspecified atom stereocenters. The minimum Gasteiger partial charge on any atom is -0.507 e. The van der Waals surface area contributed by atoms with Crippen LogP contribution in [0.3, 0.4) is 0 Å². The van der Waals surface area contributed by atoms with E-state index in [1.807, 2.05) is 76.2 Å². The summed E-state index contributed by atoms with van der Waals surface area (Å²) in [6.07, 6.45) is 3.52. The topological polar surface area (TPSA) is 45.0 Å². The first kappa shape index (κ1) is 22.5. The number of benzene rings is 3. The number of phenols is 1. The summed E-state index contributed by atoms with van der Waals surface area (Å²) < 4.78 is 0. The van der Waals surface area contributed by atoms with Crippen molar-refractivity contribution in [2.75, 3.05) is 0 Å². The minimum absolute atomic E-state index is 0.0734. The lowest BCUT2D eigenvalue weighted by Gasteiger charge is -2.21. The number of hydrogen-bond donors (Lipinski definition) is 1. The summed E-state index contributed by atoms with van der Waals surface area (Å²) in [5.41, 5.74) is 8.75. The second-order valence-corrected chi connectivity index (χ2v) is 9.25. The van der Waals surface area contributed by atoms with E-state index in [4.69, 9.17) is 9.98 Å². The Kier molecular flexibility index (Phi) is 6.45. The Bertz CT molecular complexity index is 1040. The van der Waals surface area contributed by atoms with Gasteiger partial charge >= 0.3 is 0 Å². The average molecular weight is 413 g/mol. The van der Waals surface area contributed by atoms with Crippen LogP contribution in [-0.4, -0.2) is 17.5 Å². The third-order valence-corrected chi connectivity index (χ3v) is 5.58. The van der Waals surface area contributed by atoms with E-state index in [2.05, 4.69) is 20.8 Å². The molecule has 0 aliphatic rings. The summed E-state index contributed by atoms with van der Waals surface area (Å²) in [5, 5.41) is 11.0. The van der Waals surface area contributed by atoms with E-state index in [0.717, 1.165) is 39.2 Å². The Morgan fingerprint density at radius 3 is 1.35 bits per heavy atom. The molecule has 0 spiro atoms. The van der Waals surface area contributed by atoms with Crippen LogP contribution >= 0.6 is 0 Å². The average Bonchev–Trinajstić information content (AvgIpc) is 2.68. The summed E-state index contributed by atoms with van der Waals surface area (Å²) in [4.78, 5) is 9.44. The molecule has 160 valence electrons. The number of aryl methyl sites for hydroxylation is 4. The summed E-state index contributed by atoms with van der Waals surface area (Å²) in [6.45, 7) is 14.7. The maximum absolute atomic E-state index is 11.0. The summed E-state index contributed by atoms with van der Waals surface area (Å²) in [5.74, 6) is 0.193. The molecule has 3 aromatic carbocycles. The molecule has 0 saturated carbocycles. The zero-order valence-corrected chi connectivity index (χ0v) is 19.6. The lowest BCUT2D eigenvalue weighted by Crippen LogP contribution is -2.12. The van der Waals surface area contributed by atoms with Crippen molar-refractivity contribution >= 4 is 23.8 Å². The highest BCUT2D eigenvalue weighted by Crippen LogP contribution is 2.31. The highest BCUT2D eigenvalue weighted by atomic mass is 16.3. The minimum atomic E-state index is -0.0734. The van der Waals surface area contributed by atoms with Crippen molar-refractivity contribution in [2.45, 2.75) is 53.9 Å². The Hall–Kier alpha value is -3.20. The molecular weight excluding hydrogens is 380 g/mol. The number of aliphatic imine (C=N–C) groups is 2. The van der Waals surface area contributed by atoms with Gasteiger partial charge in [0, 0.05) is 23.6 Å². The van der Waals surface area contributed by atoms with Crippen LogP contribution in [0, 0.1) is 27.7 Å². The van der Waals surface area contributed by atoms with Crippen LogP contribution in [0.1, 0.15) is 59.7 Å². The molecule has 0 saturated heterocycles. The Morgan fingerprint density at radius 1 is 0.677 bits per heavy atom. The van der Waals surface area contributed by atoms with Crippen LogP contribution in [0.25, 0.3) is 0 Å². The molecule has 3 rings (SSSR count). The van der Waals surface area contributed by atoms with E-state index in [9.17, 15) is 5.11 Å². The van der Waals surface area contributed by atoms with E-state index in [0.29, 0.717) is 11.1 Å². The Labute approximate surface area is 186 Å². The van der Waals surface area contributed by atoms with Gasteiger partial charge in [0.25, 0.3) is 0 Å². The van der Waals surface area contributed by atoms with Gasteiger partial charge in [-0.25, -0.2) is 0 Å². The normalized spacial score (nSPS) is 12.2. The van der Waals surface area contributed by atoms with E-state index in [-0.39, 0.29) is 11.2 Å². The van der Waals surface area contributed by atoms with Gasteiger partial charge in [-0.05, 0) is 73.1 Å². The fourth-order valence-electron chi connectivity index (χ4n) is 3.60. The lowest BCUT2D eigenvalue weighted by atomic mass is 9.85. The van der Waals surface area contributed by atoms with Crippen LogP contribution in [0.5, 0.6) is 5.75 Å². The second kappa shape index (κ2) is 8.89. The molecule has 0 aliphatic heterocycles. The van der Waals surface area contributed by atoms with Crippen molar-refractivity contribution in [3.05, 3.63) is 87.5 Å². The molecule has 31 heavy (non-hydrogen) atoms. The first-order chi connectivity index (χ1) is 14.6. The highest BCUT2D eigenvalue weighted by molar-refractivity contribution is 5.94. The van der Waals surface area contributed by atoms with Gasteiger partial charge in [0.15, 0.2) is 0 Å².